The first-order valence-electron chi connectivity index (χ1n) is 12.1. The summed E-state index contributed by atoms with van der Waals surface area (Å²) in [6, 6.07) is 14.4. The predicted molar refractivity (Wildman–Crippen MR) is 142 cm³/mol. The van der Waals surface area contributed by atoms with Gasteiger partial charge < -0.3 is 15.3 Å². The summed E-state index contributed by atoms with van der Waals surface area (Å²) in [5.74, 6) is 0.0527. The molecule has 0 saturated carbocycles. The van der Waals surface area contributed by atoms with Gasteiger partial charge in [-0.15, -0.1) is 0 Å². The van der Waals surface area contributed by atoms with E-state index in [1.54, 1.807) is 29.2 Å². The third-order valence-corrected chi connectivity index (χ3v) is 6.15. The first-order chi connectivity index (χ1) is 17.7. The molecule has 0 bridgehead atoms. The number of aliphatic hydroxyl groups excluding tert-OH is 1. The standard InChI is InChI=1S/C26H30ClF2N7O/c1-4-13-35(14-15-37)24-31-23(34-26(2,3)16-17-9-5-6-10-18(17)27)32-25(33-24)36-20-12-8-7-11-19(20)30-22(36)21(28)29/h5-12,21,37H,4,13-16H2,1-3H3,(H,31,32,33,34). The van der Waals surface area contributed by atoms with Gasteiger partial charge in [-0.25, -0.2) is 13.8 Å². The van der Waals surface area contributed by atoms with Crippen molar-refractivity contribution in [3.8, 4) is 5.95 Å². The van der Waals surface area contributed by atoms with E-state index in [4.69, 9.17) is 11.6 Å². The third-order valence-electron chi connectivity index (χ3n) is 5.78. The SMILES string of the molecule is CCCN(CCO)c1nc(NC(C)(C)Cc2ccccc2Cl)nc(-n2c(C(F)F)nc3ccccc32)n1. The van der Waals surface area contributed by atoms with Gasteiger partial charge in [0, 0.05) is 23.7 Å². The predicted octanol–water partition coefficient (Wildman–Crippen LogP) is 5.44. The van der Waals surface area contributed by atoms with E-state index < -0.39 is 17.8 Å². The molecular formula is C26H30ClF2N7O. The van der Waals surface area contributed by atoms with Crippen molar-refractivity contribution >= 4 is 34.5 Å². The molecule has 4 aromatic rings. The number of aromatic nitrogens is 5. The lowest BCUT2D eigenvalue weighted by Gasteiger charge is -2.28. The van der Waals surface area contributed by atoms with Crippen LogP contribution in [-0.4, -0.2) is 54.8 Å². The van der Waals surface area contributed by atoms with Crippen LogP contribution in [0.4, 0.5) is 20.7 Å². The molecular weight excluding hydrogens is 500 g/mol. The lowest BCUT2D eigenvalue weighted by molar-refractivity contribution is 0.139. The molecule has 8 nitrogen and oxygen atoms in total. The Morgan fingerprint density at radius 2 is 1.76 bits per heavy atom. The molecule has 2 N–H and O–H groups in total. The van der Waals surface area contributed by atoms with Gasteiger partial charge in [-0.1, -0.05) is 48.9 Å². The molecule has 2 aromatic carbocycles. The molecule has 2 aromatic heterocycles. The van der Waals surface area contributed by atoms with Crippen LogP contribution in [0.2, 0.25) is 5.02 Å². The van der Waals surface area contributed by atoms with E-state index in [0.717, 1.165) is 12.0 Å². The number of nitrogens with zero attached hydrogens (tertiary/aromatic N) is 6. The molecule has 0 unspecified atom stereocenters. The van der Waals surface area contributed by atoms with Crippen LogP contribution in [0.3, 0.4) is 0 Å². The summed E-state index contributed by atoms with van der Waals surface area (Å²) < 4.78 is 29.4. The van der Waals surface area contributed by atoms with E-state index in [1.807, 2.05) is 45.0 Å². The number of aliphatic hydroxyl groups is 1. The van der Waals surface area contributed by atoms with Crippen molar-refractivity contribution < 1.29 is 13.9 Å². The minimum Gasteiger partial charge on any atom is -0.395 e. The van der Waals surface area contributed by atoms with E-state index in [1.165, 1.54) is 4.57 Å². The average molecular weight is 530 g/mol. The number of hydrogen-bond donors (Lipinski definition) is 2. The number of nitrogens with one attached hydrogen (secondary N) is 1. The van der Waals surface area contributed by atoms with Gasteiger partial charge in [-0.3, -0.25) is 4.57 Å². The zero-order chi connectivity index (χ0) is 26.6. The molecule has 0 aliphatic heterocycles. The Hall–Kier alpha value is -3.37. The fourth-order valence-corrected chi connectivity index (χ4v) is 4.42. The molecule has 196 valence electrons. The van der Waals surface area contributed by atoms with Gasteiger partial charge in [0.05, 0.1) is 17.6 Å². The van der Waals surface area contributed by atoms with E-state index in [2.05, 4.69) is 25.3 Å². The molecule has 0 fully saturated rings. The van der Waals surface area contributed by atoms with Crippen LogP contribution in [0.1, 0.15) is 45.0 Å². The molecule has 37 heavy (non-hydrogen) atoms. The summed E-state index contributed by atoms with van der Waals surface area (Å²) in [7, 11) is 0. The summed E-state index contributed by atoms with van der Waals surface area (Å²) in [5.41, 5.74) is 1.27. The third kappa shape index (κ3) is 6.14. The Labute approximate surface area is 219 Å². The molecule has 11 heteroatoms. The van der Waals surface area contributed by atoms with Crippen LogP contribution in [-0.2, 0) is 6.42 Å². The van der Waals surface area contributed by atoms with Crippen molar-refractivity contribution in [2.24, 2.45) is 0 Å². The van der Waals surface area contributed by atoms with Gasteiger partial charge in [0.15, 0.2) is 5.82 Å². The normalized spacial score (nSPS) is 11.9. The number of alkyl halides is 2. The molecule has 4 rings (SSSR count). The van der Waals surface area contributed by atoms with Crippen molar-refractivity contribution in [2.75, 3.05) is 29.9 Å². The number of imidazole rings is 1. The summed E-state index contributed by atoms with van der Waals surface area (Å²) in [5, 5.41) is 13.6. The van der Waals surface area contributed by atoms with Gasteiger partial charge in [0.1, 0.15) is 0 Å². The molecule has 0 aliphatic rings. The summed E-state index contributed by atoms with van der Waals surface area (Å²) >= 11 is 6.38. The quantitative estimate of drug-likeness (QED) is 0.267. The topological polar surface area (TPSA) is 92.0 Å². The van der Waals surface area contributed by atoms with Crippen LogP contribution >= 0.6 is 11.6 Å². The zero-order valence-corrected chi connectivity index (χ0v) is 21.8. The van der Waals surface area contributed by atoms with Gasteiger partial charge in [-0.2, -0.15) is 15.0 Å². The second kappa shape index (κ2) is 11.4. The second-order valence-corrected chi connectivity index (χ2v) is 9.75. The maximum Gasteiger partial charge on any atom is 0.296 e. The van der Waals surface area contributed by atoms with Crippen LogP contribution < -0.4 is 10.2 Å². The van der Waals surface area contributed by atoms with Crippen LogP contribution in [0, 0.1) is 0 Å². The van der Waals surface area contributed by atoms with Crippen molar-refractivity contribution in [1.82, 2.24) is 24.5 Å². The van der Waals surface area contributed by atoms with E-state index in [-0.39, 0.29) is 31.0 Å². The summed E-state index contributed by atoms with van der Waals surface area (Å²) in [6.45, 7) is 6.70. The summed E-state index contributed by atoms with van der Waals surface area (Å²) in [4.78, 5) is 19.7. The highest BCUT2D eigenvalue weighted by Crippen LogP contribution is 2.29. The number of fused-ring (bicyclic) bond motifs is 1. The Morgan fingerprint density at radius 1 is 1.03 bits per heavy atom. The Bertz CT molecular complexity index is 1360. The fraction of sp³-hybridized carbons (Fsp3) is 0.385. The Morgan fingerprint density at radius 3 is 2.46 bits per heavy atom. The number of para-hydroxylation sites is 2. The number of hydrogen-bond acceptors (Lipinski definition) is 7. The highest BCUT2D eigenvalue weighted by molar-refractivity contribution is 6.31. The van der Waals surface area contributed by atoms with Gasteiger partial charge in [0.2, 0.25) is 17.8 Å². The van der Waals surface area contributed by atoms with Gasteiger partial charge >= 0.3 is 0 Å². The molecule has 0 saturated heterocycles. The Balaban J connectivity index is 1.83. The van der Waals surface area contributed by atoms with Crippen LogP contribution in [0.15, 0.2) is 48.5 Å². The van der Waals surface area contributed by atoms with Crippen molar-refractivity contribution in [2.45, 2.75) is 45.6 Å². The van der Waals surface area contributed by atoms with Crippen molar-refractivity contribution in [1.29, 1.82) is 0 Å². The van der Waals surface area contributed by atoms with Crippen LogP contribution in [0.25, 0.3) is 17.0 Å². The maximum absolute atomic E-state index is 14.1. The second-order valence-electron chi connectivity index (χ2n) is 9.34. The minimum absolute atomic E-state index is 0.0177. The largest absolute Gasteiger partial charge is 0.395 e. The minimum atomic E-state index is -2.84. The molecule has 0 atom stereocenters. The molecule has 0 amide bonds. The van der Waals surface area contributed by atoms with Crippen molar-refractivity contribution in [3.05, 3.63) is 64.9 Å². The zero-order valence-electron chi connectivity index (χ0n) is 21.0. The first-order valence-corrected chi connectivity index (χ1v) is 12.5. The van der Waals surface area contributed by atoms with E-state index in [0.29, 0.717) is 29.0 Å². The summed E-state index contributed by atoms with van der Waals surface area (Å²) in [6.07, 6.45) is -1.50. The fourth-order valence-electron chi connectivity index (χ4n) is 4.22. The smallest absolute Gasteiger partial charge is 0.296 e. The lowest BCUT2D eigenvalue weighted by Crippen LogP contribution is -2.36. The number of halogens is 3. The highest BCUT2D eigenvalue weighted by atomic mass is 35.5. The number of anilines is 2. The van der Waals surface area contributed by atoms with Gasteiger partial charge in [0.25, 0.3) is 6.43 Å². The highest BCUT2D eigenvalue weighted by Gasteiger charge is 2.26. The van der Waals surface area contributed by atoms with E-state index in [9.17, 15) is 13.9 Å². The molecule has 0 aliphatic carbocycles. The number of benzene rings is 2. The average Bonchev–Trinajstić information content (AvgIpc) is 3.25. The van der Waals surface area contributed by atoms with Gasteiger partial charge in [-0.05, 0) is 50.5 Å². The maximum atomic E-state index is 14.1. The van der Waals surface area contributed by atoms with Crippen molar-refractivity contribution in [3.63, 3.8) is 0 Å². The molecule has 2 heterocycles. The van der Waals surface area contributed by atoms with Crippen LogP contribution in [0.5, 0.6) is 0 Å². The van der Waals surface area contributed by atoms with E-state index >= 15 is 0 Å². The monoisotopic (exact) mass is 529 g/mol. The number of rotatable bonds is 11. The molecule has 0 radical (unpaired) electrons. The lowest BCUT2D eigenvalue weighted by atomic mass is 9.95. The Kier molecular flexibility index (Phi) is 8.19. The molecule has 0 spiro atoms. The first kappa shape index (κ1) is 26.7.